The second-order valence-corrected chi connectivity index (χ2v) is 22.0. The van der Waals surface area contributed by atoms with E-state index >= 15 is 0 Å². The average Bonchev–Trinajstić information content (AvgIpc) is 4.18. The van der Waals surface area contributed by atoms with Crippen LogP contribution in [0.15, 0.2) is 261 Å². The first kappa shape index (κ1) is 41.1. The molecule has 1 nitrogen and oxygen atoms in total. The van der Waals surface area contributed by atoms with Crippen LogP contribution in [0.25, 0.3) is 61.2 Å². The topological polar surface area (TPSA) is 3.24 Å². The number of anilines is 3. The Labute approximate surface area is 443 Å². The van der Waals surface area contributed by atoms with Gasteiger partial charge in [-0.1, -0.05) is 224 Å². The molecule has 0 saturated carbocycles. The summed E-state index contributed by atoms with van der Waals surface area (Å²) >= 11 is 0. The molecule has 0 unspecified atom stereocenters. The molecule has 0 bridgehead atoms. The zero-order valence-electron chi connectivity index (χ0n) is 41.7. The normalized spacial score (nSPS) is 16.4. The van der Waals surface area contributed by atoms with Crippen LogP contribution in [0, 0.1) is 0 Å². The van der Waals surface area contributed by atoms with E-state index in [2.05, 4.69) is 266 Å². The van der Waals surface area contributed by atoms with Crippen LogP contribution in [0.3, 0.4) is 0 Å². The summed E-state index contributed by atoms with van der Waals surface area (Å²) in [6.45, 7) is 0. The standard InChI is InChI=1S/C75H47N/c1-4-22-46(23-5-1)49-40-64-70-65(41-49)74(60-36-18-12-30-54(60)55-31-13-19-37-61(55)74)67-43-51(48-26-8-3-9-27-48)45-69-72(67)76(70)71-66(73(64)58-34-16-10-28-52(58)53-29-11-17-35-59(53)73)42-50(47-24-6-2-7-25-47)44-68(71)75(69)62-38-20-14-32-56(62)57-33-15-21-39-63(57)75/h1-2,4-8,10-45H,3,9H2. The maximum Gasteiger partial charge on any atom is 0.0754 e. The van der Waals surface area contributed by atoms with Crippen molar-refractivity contribution < 1.29 is 0 Å². The molecule has 3 spiro atoms. The summed E-state index contributed by atoms with van der Waals surface area (Å²) in [5.41, 5.74) is 33.0. The molecule has 0 radical (unpaired) electrons. The number of hydrogen-bond donors (Lipinski definition) is 0. The molecule has 76 heavy (non-hydrogen) atoms. The Bertz CT molecular complexity index is 4110. The van der Waals surface area contributed by atoms with Gasteiger partial charge in [-0.2, -0.15) is 0 Å². The van der Waals surface area contributed by atoms with Crippen molar-refractivity contribution in [3.8, 4) is 55.6 Å². The molecule has 0 saturated heterocycles. The summed E-state index contributed by atoms with van der Waals surface area (Å²) in [6, 6.07) is 94.5. The van der Waals surface area contributed by atoms with Crippen molar-refractivity contribution in [2.45, 2.75) is 29.1 Å². The Balaban J connectivity index is 1.15. The van der Waals surface area contributed by atoms with E-state index in [1.165, 1.54) is 151 Å². The van der Waals surface area contributed by atoms with E-state index in [1.807, 2.05) is 0 Å². The molecular weight excluding hydrogens is 915 g/mol. The van der Waals surface area contributed by atoms with Crippen molar-refractivity contribution in [3.05, 3.63) is 333 Å². The molecular formula is C75H47N. The van der Waals surface area contributed by atoms with Gasteiger partial charge in [-0.15, -0.1) is 0 Å². The Hall–Kier alpha value is -9.30. The van der Waals surface area contributed by atoms with Gasteiger partial charge in [0.25, 0.3) is 0 Å². The Morgan fingerprint density at radius 3 is 0.816 bits per heavy atom. The number of benzene rings is 11. The fourth-order valence-electron chi connectivity index (χ4n) is 16.1. The lowest BCUT2D eigenvalue weighted by Crippen LogP contribution is -2.48. The van der Waals surface area contributed by atoms with E-state index in [4.69, 9.17) is 0 Å². The number of hydrogen-bond acceptors (Lipinski definition) is 1. The summed E-state index contributed by atoms with van der Waals surface area (Å²) in [5.74, 6) is 0. The molecule has 3 heterocycles. The van der Waals surface area contributed by atoms with Gasteiger partial charge >= 0.3 is 0 Å². The molecule has 3 aliphatic heterocycles. The summed E-state index contributed by atoms with van der Waals surface area (Å²) < 4.78 is 0. The van der Waals surface area contributed by atoms with Crippen LogP contribution in [0.2, 0.25) is 0 Å². The smallest absolute Gasteiger partial charge is 0.0754 e. The predicted molar refractivity (Wildman–Crippen MR) is 311 cm³/mol. The number of fused-ring (bicyclic) bond motifs is 21. The number of rotatable bonds is 3. The van der Waals surface area contributed by atoms with Crippen molar-refractivity contribution in [1.29, 1.82) is 0 Å². The van der Waals surface area contributed by atoms with Crippen LogP contribution in [-0.4, -0.2) is 0 Å². The Morgan fingerprint density at radius 1 is 0.250 bits per heavy atom. The van der Waals surface area contributed by atoms with Crippen LogP contribution in [0.5, 0.6) is 0 Å². The summed E-state index contributed by atoms with van der Waals surface area (Å²) in [7, 11) is 0. The zero-order chi connectivity index (χ0) is 49.5. The lowest BCUT2D eigenvalue weighted by atomic mass is 9.53. The van der Waals surface area contributed by atoms with Crippen molar-refractivity contribution in [2.24, 2.45) is 0 Å². The van der Waals surface area contributed by atoms with E-state index in [9.17, 15) is 0 Å². The third-order valence-electron chi connectivity index (χ3n) is 18.8. The average molecular weight is 962 g/mol. The van der Waals surface area contributed by atoms with Gasteiger partial charge in [-0.3, -0.25) is 0 Å². The first-order chi connectivity index (χ1) is 37.7. The Kier molecular flexibility index (Phi) is 7.84. The van der Waals surface area contributed by atoms with Crippen molar-refractivity contribution in [2.75, 3.05) is 4.90 Å². The van der Waals surface area contributed by atoms with E-state index in [-0.39, 0.29) is 0 Å². The fraction of sp³-hybridized carbons (Fsp3) is 0.0667. The molecule has 0 N–H and O–H groups in total. The third-order valence-corrected chi connectivity index (χ3v) is 18.8. The minimum Gasteiger partial charge on any atom is -0.308 e. The molecule has 7 aliphatic rings. The zero-order valence-corrected chi connectivity index (χ0v) is 41.7. The SMILES string of the molecule is C1=CC(c2cc3c4c(c2)C2(c5ccccc5-c5ccccc52)c2cc(-c5ccccc5)cc5c2N4c2c(cc(-c4ccccc4)cc2C52c4ccccc4-c4ccccc42)C32c3ccccc3-c3ccccc32)=CCC1. The van der Waals surface area contributed by atoms with Gasteiger partial charge in [0.05, 0.1) is 33.3 Å². The second kappa shape index (κ2) is 14.5. The molecule has 0 fully saturated rings. The summed E-state index contributed by atoms with van der Waals surface area (Å²) in [5, 5.41) is 0. The monoisotopic (exact) mass is 961 g/mol. The van der Waals surface area contributed by atoms with Gasteiger partial charge in [0.1, 0.15) is 0 Å². The predicted octanol–water partition coefficient (Wildman–Crippen LogP) is 18.3. The lowest BCUT2D eigenvalue weighted by molar-refractivity contribution is 0.671. The van der Waals surface area contributed by atoms with Crippen molar-refractivity contribution in [3.63, 3.8) is 0 Å². The highest BCUT2D eigenvalue weighted by Gasteiger charge is 2.64. The van der Waals surface area contributed by atoms with Crippen LogP contribution < -0.4 is 4.90 Å². The summed E-state index contributed by atoms with van der Waals surface area (Å²) in [6.07, 6.45) is 9.34. The second-order valence-electron chi connectivity index (χ2n) is 22.0. The number of allylic oxidation sites excluding steroid dienone is 4. The molecule has 11 aromatic rings. The first-order valence-corrected chi connectivity index (χ1v) is 27.1. The molecule has 0 amide bonds. The van der Waals surface area contributed by atoms with Crippen LogP contribution in [0.1, 0.15) is 85.2 Å². The minimum absolute atomic E-state index is 0.714. The van der Waals surface area contributed by atoms with Crippen molar-refractivity contribution >= 4 is 22.6 Å². The largest absolute Gasteiger partial charge is 0.308 e. The van der Waals surface area contributed by atoms with Gasteiger partial charge in [0.2, 0.25) is 0 Å². The first-order valence-electron chi connectivity index (χ1n) is 27.1. The molecule has 0 atom stereocenters. The highest BCUT2D eigenvalue weighted by atomic mass is 15.2. The van der Waals surface area contributed by atoms with Crippen molar-refractivity contribution in [1.82, 2.24) is 0 Å². The van der Waals surface area contributed by atoms with Crippen LogP contribution in [0.4, 0.5) is 17.1 Å². The van der Waals surface area contributed by atoms with Crippen LogP contribution in [-0.2, 0) is 16.2 Å². The third kappa shape index (κ3) is 4.69. The quantitative estimate of drug-likeness (QED) is 0.171. The van der Waals surface area contributed by atoms with E-state index in [1.54, 1.807) is 0 Å². The molecule has 352 valence electrons. The van der Waals surface area contributed by atoms with Gasteiger partial charge in [-0.25, -0.2) is 0 Å². The number of nitrogens with zero attached hydrogens (tertiary/aromatic N) is 1. The van der Waals surface area contributed by atoms with Gasteiger partial charge in [0, 0.05) is 0 Å². The minimum atomic E-state index is -0.724. The lowest BCUT2D eigenvalue weighted by Gasteiger charge is -2.57. The Morgan fingerprint density at radius 2 is 0.526 bits per heavy atom. The van der Waals surface area contributed by atoms with E-state index < -0.39 is 16.2 Å². The maximum atomic E-state index is 2.83. The summed E-state index contributed by atoms with van der Waals surface area (Å²) in [4.78, 5) is 2.83. The molecule has 18 rings (SSSR count). The highest BCUT2D eigenvalue weighted by molar-refractivity contribution is 6.09. The maximum absolute atomic E-state index is 2.83. The van der Waals surface area contributed by atoms with Gasteiger partial charge < -0.3 is 4.90 Å². The molecule has 0 aromatic heterocycles. The van der Waals surface area contributed by atoms with E-state index in [0.29, 0.717) is 0 Å². The molecule has 1 heteroatoms. The van der Waals surface area contributed by atoms with Crippen LogP contribution >= 0.6 is 0 Å². The molecule has 4 aliphatic carbocycles. The fourth-order valence-corrected chi connectivity index (χ4v) is 16.1. The van der Waals surface area contributed by atoms with E-state index in [0.717, 1.165) is 12.8 Å². The molecule has 11 aromatic carbocycles. The van der Waals surface area contributed by atoms with Gasteiger partial charge in [-0.05, 0) is 183 Å². The highest BCUT2D eigenvalue weighted by Crippen LogP contribution is 2.76. The van der Waals surface area contributed by atoms with Gasteiger partial charge in [0.15, 0.2) is 0 Å².